The van der Waals surface area contributed by atoms with E-state index in [1.807, 2.05) is 4.90 Å². The zero-order valence-electron chi connectivity index (χ0n) is 14.1. The summed E-state index contributed by atoms with van der Waals surface area (Å²) in [6.07, 6.45) is 2.25. The largest absolute Gasteiger partial charge is 0.381 e. The molecule has 0 saturated carbocycles. The van der Waals surface area contributed by atoms with Crippen LogP contribution in [0, 0.1) is 11.7 Å². The summed E-state index contributed by atoms with van der Waals surface area (Å²) in [4.78, 5) is 25.9. The number of ether oxygens (including phenoxy) is 1. The summed E-state index contributed by atoms with van der Waals surface area (Å²) in [7, 11) is 0. The predicted molar refractivity (Wildman–Crippen MR) is 89.1 cm³/mol. The molecule has 132 valence electrons. The Bertz CT molecular complexity index is 548. The lowest BCUT2D eigenvalue weighted by molar-refractivity contribution is -0.130. The van der Waals surface area contributed by atoms with Gasteiger partial charge in [0.25, 0.3) is 5.91 Å². The number of carbonyl (C=O) groups is 2. The smallest absolute Gasteiger partial charge is 0.251 e. The third kappa shape index (κ3) is 5.60. The maximum atomic E-state index is 12.8. The van der Waals surface area contributed by atoms with Crippen LogP contribution in [0.3, 0.4) is 0 Å². The Morgan fingerprint density at radius 1 is 1.33 bits per heavy atom. The number of hydrogen-bond acceptors (Lipinski definition) is 3. The molecule has 1 atom stereocenters. The number of rotatable bonds is 8. The van der Waals surface area contributed by atoms with E-state index in [1.54, 1.807) is 0 Å². The van der Waals surface area contributed by atoms with Gasteiger partial charge >= 0.3 is 0 Å². The molecule has 1 aliphatic heterocycles. The highest BCUT2D eigenvalue weighted by molar-refractivity contribution is 5.94. The Labute approximate surface area is 142 Å². The van der Waals surface area contributed by atoms with Gasteiger partial charge in [-0.1, -0.05) is 6.92 Å². The van der Waals surface area contributed by atoms with Crippen LogP contribution in [0.15, 0.2) is 24.3 Å². The SMILES string of the molecule is CCCOCC1CCN(C(=O)CCNC(=O)c2ccc(F)cc2)C1. The van der Waals surface area contributed by atoms with Gasteiger partial charge in [0, 0.05) is 44.1 Å². The molecule has 0 aliphatic carbocycles. The molecule has 0 radical (unpaired) electrons. The molecule has 1 N–H and O–H groups in total. The molecule has 1 heterocycles. The minimum Gasteiger partial charge on any atom is -0.381 e. The molecule has 1 saturated heterocycles. The molecule has 2 rings (SSSR count). The van der Waals surface area contributed by atoms with Crippen molar-refractivity contribution in [2.45, 2.75) is 26.2 Å². The standard InChI is InChI=1S/C18H25FN2O3/c1-2-11-24-13-14-8-10-21(12-14)17(22)7-9-20-18(23)15-3-5-16(19)6-4-15/h3-6,14H,2,7-13H2,1H3,(H,20,23). The van der Waals surface area contributed by atoms with Crippen molar-refractivity contribution in [3.05, 3.63) is 35.6 Å². The van der Waals surface area contributed by atoms with Crippen molar-refractivity contribution < 1.29 is 18.7 Å². The lowest BCUT2D eigenvalue weighted by atomic mass is 10.1. The molecule has 0 aromatic heterocycles. The van der Waals surface area contributed by atoms with Crippen LogP contribution in [-0.2, 0) is 9.53 Å². The average molecular weight is 336 g/mol. The third-order valence-corrected chi connectivity index (χ3v) is 4.07. The lowest BCUT2D eigenvalue weighted by Crippen LogP contribution is -2.33. The van der Waals surface area contributed by atoms with Crippen molar-refractivity contribution >= 4 is 11.8 Å². The zero-order valence-corrected chi connectivity index (χ0v) is 14.1. The second kappa shape index (κ2) is 9.37. The maximum absolute atomic E-state index is 12.8. The number of amides is 2. The van der Waals surface area contributed by atoms with Crippen LogP contribution in [0.1, 0.15) is 36.5 Å². The molecule has 0 spiro atoms. The van der Waals surface area contributed by atoms with Gasteiger partial charge in [0.15, 0.2) is 0 Å². The number of hydrogen-bond donors (Lipinski definition) is 1. The van der Waals surface area contributed by atoms with Crippen molar-refractivity contribution in [2.75, 3.05) is 32.8 Å². The van der Waals surface area contributed by atoms with E-state index in [9.17, 15) is 14.0 Å². The Morgan fingerprint density at radius 3 is 2.79 bits per heavy atom. The number of benzene rings is 1. The molecular weight excluding hydrogens is 311 g/mol. The fraction of sp³-hybridized carbons (Fsp3) is 0.556. The lowest BCUT2D eigenvalue weighted by Gasteiger charge is -2.17. The first-order valence-electron chi connectivity index (χ1n) is 8.49. The van der Waals surface area contributed by atoms with Gasteiger partial charge in [0.2, 0.25) is 5.91 Å². The van der Waals surface area contributed by atoms with Crippen molar-refractivity contribution in [3.63, 3.8) is 0 Å². The van der Waals surface area contributed by atoms with Gasteiger partial charge in [-0.3, -0.25) is 9.59 Å². The molecule has 1 aromatic carbocycles. The van der Waals surface area contributed by atoms with Gasteiger partial charge in [-0.15, -0.1) is 0 Å². The van der Waals surface area contributed by atoms with E-state index >= 15 is 0 Å². The van der Waals surface area contributed by atoms with Gasteiger partial charge in [0.1, 0.15) is 5.82 Å². The summed E-state index contributed by atoms with van der Waals surface area (Å²) in [6.45, 7) is 5.31. The number of halogens is 1. The van der Waals surface area contributed by atoms with Crippen LogP contribution in [-0.4, -0.2) is 49.6 Å². The minimum atomic E-state index is -0.381. The predicted octanol–water partition coefficient (Wildman–Crippen LogP) is 2.22. The molecule has 1 fully saturated rings. The number of nitrogens with one attached hydrogen (secondary N) is 1. The first-order chi connectivity index (χ1) is 11.6. The number of nitrogens with zero attached hydrogens (tertiary/aromatic N) is 1. The zero-order chi connectivity index (χ0) is 17.4. The third-order valence-electron chi connectivity index (χ3n) is 4.07. The van der Waals surface area contributed by atoms with Gasteiger partial charge in [-0.05, 0) is 37.1 Å². The quantitative estimate of drug-likeness (QED) is 0.741. The van der Waals surface area contributed by atoms with Crippen molar-refractivity contribution in [1.29, 1.82) is 0 Å². The van der Waals surface area contributed by atoms with Gasteiger partial charge in [-0.25, -0.2) is 4.39 Å². The normalized spacial score (nSPS) is 17.1. The fourth-order valence-electron chi connectivity index (χ4n) is 2.73. The van der Waals surface area contributed by atoms with E-state index in [0.29, 0.717) is 18.1 Å². The van der Waals surface area contributed by atoms with E-state index in [4.69, 9.17) is 4.74 Å². The first kappa shape index (κ1) is 18.4. The second-order valence-corrected chi connectivity index (χ2v) is 6.08. The topological polar surface area (TPSA) is 58.6 Å². The Morgan fingerprint density at radius 2 is 2.08 bits per heavy atom. The van der Waals surface area contributed by atoms with E-state index in [1.165, 1.54) is 24.3 Å². The molecule has 1 aromatic rings. The first-order valence-corrected chi connectivity index (χ1v) is 8.49. The molecular formula is C18H25FN2O3. The Hall–Kier alpha value is -1.95. The van der Waals surface area contributed by atoms with Crippen LogP contribution in [0.2, 0.25) is 0 Å². The monoisotopic (exact) mass is 336 g/mol. The molecule has 0 bridgehead atoms. The second-order valence-electron chi connectivity index (χ2n) is 6.08. The van der Waals surface area contributed by atoms with E-state index < -0.39 is 0 Å². The van der Waals surface area contributed by atoms with Crippen LogP contribution in [0.25, 0.3) is 0 Å². The maximum Gasteiger partial charge on any atom is 0.251 e. The summed E-state index contributed by atoms with van der Waals surface area (Å²) in [5, 5.41) is 2.69. The van der Waals surface area contributed by atoms with Crippen LogP contribution in [0.5, 0.6) is 0 Å². The highest BCUT2D eigenvalue weighted by Gasteiger charge is 2.25. The van der Waals surface area contributed by atoms with Crippen LogP contribution >= 0.6 is 0 Å². The van der Waals surface area contributed by atoms with Gasteiger partial charge < -0.3 is 15.0 Å². The Balaban J connectivity index is 1.66. The van der Waals surface area contributed by atoms with E-state index in [0.717, 1.165) is 32.5 Å². The summed E-state index contributed by atoms with van der Waals surface area (Å²) in [6, 6.07) is 5.33. The van der Waals surface area contributed by atoms with Gasteiger partial charge in [0.05, 0.1) is 6.61 Å². The molecule has 6 heteroatoms. The van der Waals surface area contributed by atoms with E-state index in [2.05, 4.69) is 12.2 Å². The number of likely N-dealkylation sites (tertiary alicyclic amines) is 1. The van der Waals surface area contributed by atoms with Crippen molar-refractivity contribution in [2.24, 2.45) is 5.92 Å². The van der Waals surface area contributed by atoms with Crippen molar-refractivity contribution in [1.82, 2.24) is 10.2 Å². The molecule has 5 nitrogen and oxygen atoms in total. The number of carbonyl (C=O) groups excluding carboxylic acids is 2. The molecule has 2 amide bonds. The molecule has 1 unspecified atom stereocenters. The summed E-state index contributed by atoms with van der Waals surface area (Å²) in [5.74, 6) is -0.218. The highest BCUT2D eigenvalue weighted by atomic mass is 19.1. The molecule has 1 aliphatic rings. The fourth-order valence-corrected chi connectivity index (χ4v) is 2.73. The summed E-state index contributed by atoms with van der Waals surface area (Å²) >= 11 is 0. The average Bonchev–Trinajstić information content (AvgIpc) is 3.04. The van der Waals surface area contributed by atoms with Crippen molar-refractivity contribution in [3.8, 4) is 0 Å². The minimum absolute atomic E-state index is 0.0485. The van der Waals surface area contributed by atoms with Crippen LogP contribution in [0.4, 0.5) is 4.39 Å². The van der Waals surface area contributed by atoms with E-state index in [-0.39, 0.29) is 30.6 Å². The van der Waals surface area contributed by atoms with Gasteiger partial charge in [-0.2, -0.15) is 0 Å². The Kier molecular flexibility index (Phi) is 7.18. The molecule has 24 heavy (non-hydrogen) atoms. The summed E-state index contributed by atoms with van der Waals surface area (Å²) < 4.78 is 18.4. The van der Waals surface area contributed by atoms with Crippen LogP contribution < -0.4 is 5.32 Å². The highest BCUT2D eigenvalue weighted by Crippen LogP contribution is 2.17. The summed E-state index contributed by atoms with van der Waals surface area (Å²) in [5.41, 5.74) is 0.387.